The zero-order chi connectivity index (χ0) is 14.7. The standard InChI is InChI=1S/C12H10N4O4/c13-11(17)7-15-12(18)6-5-10(14-15)8-1-3-9(4-2-8)16(19)20/h1-6H,7H2,(H2,13,17). The van der Waals surface area contributed by atoms with Crippen LogP contribution < -0.4 is 11.3 Å². The van der Waals surface area contributed by atoms with Gasteiger partial charge in [0.1, 0.15) is 6.54 Å². The van der Waals surface area contributed by atoms with Crippen LogP contribution in [0.4, 0.5) is 5.69 Å². The van der Waals surface area contributed by atoms with Crippen LogP contribution in [-0.4, -0.2) is 20.6 Å². The number of hydrogen-bond donors (Lipinski definition) is 1. The molecule has 1 aromatic heterocycles. The highest BCUT2D eigenvalue weighted by atomic mass is 16.6. The highest BCUT2D eigenvalue weighted by molar-refractivity contribution is 5.73. The first-order valence-electron chi connectivity index (χ1n) is 5.58. The second-order valence-electron chi connectivity index (χ2n) is 3.98. The van der Waals surface area contributed by atoms with Crippen molar-refractivity contribution in [2.24, 2.45) is 5.73 Å². The lowest BCUT2D eigenvalue weighted by Gasteiger charge is -2.05. The lowest BCUT2D eigenvalue weighted by molar-refractivity contribution is -0.384. The number of carbonyl (C=O) groups is 1. The summed E-state index contributed by atoms with van der Waals surface area (Å²) in [6.45, 7) is -0.320. The number of primary amides is 1. The summed E-state index contributed by atoms with van der Waals surface area (Å²) < 4.78 is 0.944. The molecule has 0 bridgehead atoms. The van der Waals surface area contributed by atoms with Crippen LogP contribution in [0.15, 0.2) is 41.2 Å². The summed E-state index contributed by atoms with van der Waals surface area (Å²) in [5.74, 6) is -0.680. The number of nitro groups is 1. The Morgan fingerprint density at radius 1 is 1.25 bits per heavy atom. The lowest BCUT2D eigenvalue weighted by Crippen LogP contribution is -2.29. The number of aromatic nitrogens is 2. The summed E-state index contributed by atoms with van der Waals surface area (Å²) in [6, 6.07) is 8.42. The van der Waals surface area contributed by atoms with E-state index in [1.807, 2.05) is 0 Å². The molecule has 2 N–H and O–H groups in total. The van der Waals surface area contributed by atoms with Crippen molar-refractivity contribution < 1.29 is 9.72 Å². The molecule has 2 aromatic rings. The number of rotatable bonds is 4. The van der Waals surface area contributed by atoms with Crippen molar-refractivity contribution in [3.63, 3.8) is 0 Å². The molecule has 1 amide bonds. The summed E-state index contributed by atoms with van der Waals surface area (Å²) in [5, 5.41) is 14.6. The summed E-state index contributed by atoms with van der Waals surface area (Å²) >= 11 is 0. The molecule has 0 unspecified atom stereocenters. The maximum absolute atomic E-state index is 11.5. The lowest BCUT2D eigenvalue weighted by atomic mass is 10.1. The van der Waals surface area contributed by atoms with Gasteiger partial charge in [-0.1, -0.05) is 0 Å². The Balaban J connectivity index is 2.40. The van der Waals surface area contributed by atoms with Gasteiger partial charge in [-0.15, -0.1) is 0 Å². The minimum absolute atomic E-state index is 0.0424. The number of benzene rings is 1. The maximum atomic E-state index is 11.5. The van der Waals surface area contributed by atoms with E-state index in [-0.39, 0.29) is 12.2 Å². The van der Waals surface area contributed by atoms with Crippen LogP contribution in [0.5, 0.6) is 0 Å². The molecule has 102 valence electrons. The maximum Gasteiger partial charge on any atom is 0.269 e. The Morgan fingerprint density at radius 3 is 2.45 bits per heavy atom. The van der Waals surface area contributed by atoms with Gasteiger partial charge >= 0.3 is 0 Å². The molecule has 0 spiro atoms. The number of nitrogens with two attached hydrogens (primary N) is 1. The van der Waals surface area contributed by atoms with Crippen LogP contribution in [0.2, 0.25) is 0 Å². The minimum atomic E-state index is -0.680. The van der Waals surface area contributed by atoms with E-state index >= 15 is 0 Å². The Hall–Kier alpha value is -3.03. The molecule has 0 radical (unpaired) electrons. The summed E-state index contributed by atoms with van der Waals surface area (Å²) in [4.78, 5) is 32.4. The van der Waals surface area contributed by atoms with Crippen LogP contribution in [0, 0.1) is 10.1 Å². The van der Waals surface area contributed by atoms with Gasteiger partial charge in [0.15, 0.2) is 0 Å². The van der Waals surface area contributed by atoms with Crippen LogP contribution >= 0.6 is 0 Å². The monoisotopic (exact) mass is 274 g/mol. The van der Waals surface area contributed by atoms with Gasteiger partial charge in [0.05, 0.1) is 10.6 Å². The molecule has 0 aliphatic rings. The van der Waals surface area contributed by atoms with Crippen molar-refractivity contribution in [2.45, 2.75) is 6.54 Å². The Kier molecular flexibility index (Phi) is 3.56. The largest absolute Gasteiger partial charge is 0.368 e. The normalized spacial score (nSPS) is 10.2. The Bertz CT molecular complexity index is 721. The average Bonchev–Trinajstić information content (AvgIpc) is 2.41. The van der Waals surface area contributed by atoms with Crippen LogP contribution in [0.3, 0.4) is 0 Å². The fourth-order valence-corrected chi connectivity index (χ4v) is 1.62. The van der Waals surface area contributed by atoms with Crippen molar-refractivity contribution in [3.8, 4) is 11.3 Å². The third-order valence-corrected chi connectivity index (χ3v) is 2.55. The number of nitrogens with zero attached hydrogens (tertiary/aromatic N) is 3. The van der Waals surface area contributed by atoms with Crippen LogP contribution in [0.25, 0.3) is 11.3 Å². The number of non-ortho nitro benzene ring substituents is 1. The zero-order valence-electron chi connectivity index (χ0n) is 10.2. The predicted molar refractivity (Wildman–Crippen MR) is 69.8 cm³/mol. The molecule has 0 saturated carbocycles. The SMILES string of the molecule is NC(=O)Cn1nc(-c2ccc([N+](=O)[O-])cc2)ccc1=O. The van der Waals surface area contributed by atoms with E-state index in [4.69, 9.17) is 5.73 Å². The first-order chi connectivity index (χ1) is 9.47. The smallest absolute Gasteiger partial charge is 0.269 e. The second kappa shape index (κ2) is 5.31. The van der Waals surface area contributed by atoms with Crippen LogP contribution in [0.1, 0.15) is 0 Å². The van der Waals surface area contributed by atoms with Gasteiger partial charge in [0.2, 0.25) is 5.91 Å². The topological polar surface area (TPSA) is 121 Å². The summed E-state index contributed by atoms with van der Waals surface area (Å²) in [6.07, 6.45) is 0. The molecule has 1 aromatic carbocycles. The van der Waals surface area contributed by atoms with E-state index in [0.717, 1.165) is 4.68 Å². The van der Waals surface area contributed by atoms with E-state index in [1.165, 1.54) is 36.4 Å². The van der Waals surface area contributed by atoms with Crippen molar-refractivity contribution in [2.75, 3.05) is 0 Å². The minimum Gasteiger partial charge on any atom is -0.368 e. The van der Waals surface area contributed by atoms with E-state index in [2.05, 4.69) is 5.10 Å². The van der Waals surface area contributed by atoms with Gasteiger partial charge in [-0.2, -0.15) is 5.10 Å². The van der Waals surface area contributed by atoms with E-state index in [9.17, 15) is 19.7 Å². The molecule has 0 saturated heterocycles. The van der Waals surface area contributed by atoms with E-state index in [0.29, 0.717) is 11.3 Å². The highest BCUT2D eigenvalue weighted by Crippen LogP contribution is 2.19. The van der Waals surface area contributed by atoms with Crippen molar-refractivity contribution >= 4 is 11.6 Å². The van der Waals surface area contributed by atoms with E-state index in [1.54, 1.807) is 0 Å². The van der Waals surface area contributed by atoms with Gasteiger partial charge in [-0.3, -0.25) is 19.7 Å². The molecule has 1 heterocycles. The fraction of sp³-hybridized carbons (Fsp3) is 0.0833. The molecule has 2 rings (SSSR count). The molecule has 20 heavy (non-hydrogen) atoms. The fourth-order valence-electron chi connectivity index (χ4n) is 1.62. The van der Waals surface area contributed by atoms with Gasteiger partial charge in [0.25, 0.3) is 11.2 Å². The number of carbonyl (C=O) groups excluding carboxylic acids is 1. The van der Waals surface area contributed by atoms with Crippen LogP contribution in [-0.2, 0) is 11.3 Å². The molecule has 0 aliphatic carbocycles. The van der Waals surface area contributed by atoms with E-state index < -0.39 is 16.4 Å². The second-order valence-corrected chi connectivity index (χ2v) is 3.98. The van der Waals surface area contributed by atoms with Gasteiger partial charge in [0, 0.05) is 23.8 Å². The molecule has 8 heteroatoms. The number of amides is 1. The summed E-state index contributed by atoms with van der Waals surface area (Å²) in [7, 11) is 0. The third kappa shape index (κ3) is 2.86. The number of hydrogen-bond acceptors (Lipinski definition) is 5. The first-order valence-corrected chi connectivity index (χ1v) is 5.58. The number of nitro benzene ring substituents is 1. The Labute approximate surface area is 112 Å². The van der Waals surface area contributed by atoms with Crippen molar-refractivity contribution in [1.29, 1.82) is 0 Å². The molecular formula is C12H10N4O4. The van der Waals surface area contributed by atoms with Gasteiger partial charge < -0.3 is 5.73 Å². The van der Waals surface area contributed by atoms with Gasteiger partial charge in [-0.25, -0.2) is 4.68 Å². The molecule has 8 nitrogen and oxygen atoms in total. The molecule has 0 aliphatic heterocycles. The quantitative estimate of drug-likeness (QED) is 0.635. The zero-order valence-corrected chi connectivity index (χ0v) is 10.2. The molecular weight excluding hydrogens is 264 g/mol. The summed E-state index contributed by atoms with van der Waals surface area (Å²) in [5.41, 5.74) is 5.54. The molecule has 0 fully saturated rings. The average molecular weight is 274 g/mol. The Morgan fingerprint density at radius 2 is 1.90 bits per heavy atom. The van der Waals surface area contributed by atoms with Gasteiger partial charge in [-0.05, 0) is 18.2 Å². The van der Waals surface area contributed by atoms with Crippen molar-refractivity contribution in [1.82, 2.24) is 9.78 Å². The third-order valence-electron chi connectivity index (χ3n) is 2.55. The first kappa shape index (κ1) is 13.4. The predicted octanol–water partition coefficient (Wildman–Crippen LogP) is 0.304. The molecule has 0 atom stereocenters. The van der Waals surface area contributed by atoms with Crippen molar-refractivity contribution in [3.05, 3.63) is 56.9 Å². The highest BCUT2D eigenvalue weighted by Gasteiger charge is 2.08.